The molecule has 162 valence electrons. The summed E-state index contributed by atoms with van der Waals surface area (Å²) in [6, 6.07) is 38.9. The topological polar surface area (TPSA) is 38.9 Å². The second-order valence-electron chi connectivity index (χ2n) is 7.69. The smallest absolute Gasteiger partial charge is 0.246 e. The Labute approximate surface area is 202 Å². The number of aromatic nitrogens is 2. The fourth-order valence-electron chi connectivity index (χ4n) is 4.00. The van der Waals surface area contributed by atoms with Crippen LogP contribution in [-0.2, 0) is 9.75 Å². The van der Waals surface area contributed by atoms with Gasteiger partial charge in [0.05, 0.1) is 0 Å². The van der Waals surface area contributed by atoms with Crippen LogP contribution in [0.25, 0.3) is 0 Å². The number of hydrogen-bond donors (Lipinski definition) is 0. The van der Waals surface area contributed by atoms with E-state index in [-0.39, 0.29) is 11.8 Å². The van der Waals surface area contributed by atoms with Crippen molar-refractivity contribution in [1.82, 2.24) is 10.2 Å². The van der Waals surface area contributed by atoms with Crippen LogP contribution in [0, 0.1) is 0 Å². The van der Waals surface area contributed by atoms with Crippen LogP contribution in [0.3, 0.4) is 0 Å². The van der Waals surface area contributed by atoms with Gasteiger partial charge in [-0.25, -0.2) is 0 Å². The first-order valence-corrected chi connectivity index (χ1v) is 11.3. The van der Waals surface area contributed by atoms with E-state index >= 15 is 0 Å². The molecule has 5 aromatic rings. The van der Waals surface area contributed by atoms with Crippen molar-refractivity contribution in [1.29, 1.82) is 0 Å². The maximum atomic E-state index is 7.33. The third kappa shape index (κ3) is 3.74. The molecule has 0 saturated heterocycles. The zero-order valence-electron chi connectivity index (χ0n) is 17.6. The highest BCUT2D eigenvalue weighted by atomic mass is 35.5. The molecule has 0 bridgehead atoms. The molecule has 0 radical (unpaired) electrons. The molecule has 0 aliphatic carbocycles. The van der Waals surface area contributed by atoms with Gasteiger partial charge in [-0.15, -0.1) is 10.2 Å². The molecule has 5 heteroatoms. The van der Waals surface area contributed by atoms with Crippen molar-refractivity contribution in [3.63, 3.8) is 0 Å². The highest BCUT2D eigenvalue weighted by Crippen LogP contribution is 2.46. The van der Waals surface area contributed by atoms with Crippen molar-refractivity contribution < 1.29 is 4.42 Å². The second kappa shape index (κ2) is 8.86. The Hall–Kier alpha value is -3.40. The van der Waals surface area contributed by atoms with Crippen molar-refractivity contribution in [2.75, 3.05) is 0 Å². The first kappa shape index (κ1) is 21.4. The Morgan fingerprint density at radius 1 is 0.424 bits per heavy atom. The third-order valence-electron chi connectivity index (χ3n) is 5.70. The van der Waals surface area contributed by atoms with Crippen molar-refractivity contribution in [3.8, 4) is 0 Å². The van der Waals surface area contributed by atoms with Gasteiger partial charge in [0.1, 0.15) is 0 Å². The number of nitrogens with zero attached hydrogens (tertiary/aromatic N) is 2. The van der Waals surface area contributed by atoms with Gasteiger partial charge in [0.2, 0.25) is 11.8 Å². The minimum atomic E-state index is -1.17. The summed E-state index contributed by atoms with van der Waals surface area (Å²) in [6.07, 6.45) is 0. The normalized spacial score (nSPS) is 11.9. The van der Waals surface area contributed by atoms with Gasteiger partial charge in [0.25, 0.3) is 0 Å². The molecular weight excluding hydrogens is 451 g/mol. The number of hydrogen-bond acceptors (Lipinski definition) is 3. The van der Waals surface area contributed by atoms with Crippen molar-refractivity contribution in [2.45, 2.75) is 9.75 Å². The maximum Gasteiger partial charge on any atom is 0.246 e. The van der Waals surface area contributed by atoms with E-state index in [4.69, 9.17) is 27.6 Å². The van der Waals surface area contributed by atoms with Crippen LogP contribution in [0.4, 0.5) is 0 Å². The average molecular weight is 471 g/mol. The highest BCUT2D eigenvalue weighted by Gasteiger charge is 2.44. The summed E-state index contributed by atoms with van der Waals surface area (Å²) in [5.41, 5.74) is 3.31. The number of rotatable bonds is 6. The lowest BCUT2D eigenvalue weighted by molar-refractivity contribution is 0.417. The van der Waals surface area contributed by atoms with Crippen LogP contribution in [0.5, 0.6) is 0 Å². The molecule has 0 spiro atoms. The third-order valence-corrected chi connectivity index (χ3v) is 6.90. The standard InChI is InChI=1S/C28H20Cl2N2O/c29-27(21-13-5-1-6-14-21,22-15-7-2-8-16-22)25-31-32-26(33-25)28(30,23-17-9-3-10-18-23)24-19-11-4-12-20-24/h1-20H. The van der Waals surface area contributed by atoms with E-state index in [0.717, 1.165) is 22.3 Å². The van der Waals surface area contributed by atoms with Gasteiger partial charge in [-0.3, -0.25) is 0 Å². The molecule has 0 amide bonds. The molecule has 1 heterocycles. The molecule has 0 aliphatic rings. The molecule has 0 saturated carbocycles. The van der Waals surface area contributed by atoms with Gasteiger partial charge in [0.15, 0.2) is 9.75 Å². The molecule has 3 nitrogen and oxygen atoms in total. The van der Waals surface area contributed by atoms with Gasteiger partial charge in [-0.1, -0.05) is 145 Å². The number of alkyl halides is 2. The lowest BCUT2D eigenvalue weighted by atomic mass is 9.89. The molecular formula is C28H20Cl2N2O. The lowest BCUT2D eigenvalue weighted by Gasteiger charge is -2.26. The minimum absolute atomic E-state index is 0.258. The van der Waals surface area contributed by atoms with Crippen LogP contribution in [0.15, 0.2) is 126 Å². The zero-order chi connectivity index (χ0) is 22.7. The maximum absolute atomic E-state index is 7.33. The van der Waals surface area contributed by atoms with E-state index in [0.29, 0.717) is 0 Å². The van der Waals surface area contributed by atoms with Gasteiger partial charge in [0, 0.05) is 0 Å². The fourth-order valence-corrected chi connectivity index (χ4v) is 4.66. The van der Waals surface area contributed by atoms with E-state index < -0.39 is 9.75 Å². The zero-order valence-corrected chi connectivity index (χ0v) is 19.1. The Morgan fingerprint density at radius 3 is 0.909 bits per heavy atom. The van der Waals surface area contributed by atoms with E-state index in [1.807, 2.05) is 121 Å². The van der Waals surface area contributed by atoms with Crippen molar-refractivity contribution in [2.24, 2.45) is 0 Å². The molecule has 0 fully saturated rings. The van der Waals surface area contributed by atoms with Crippen LogP contribution in [0.2, 0.25) is 0 Å². The first-order chi connectivity index (χ1) is 16.1. The second-order valence-corrected chi connectivity index (χ2v) is 8.83. The quantitative estimate of drug-likeness (QED) is 0.247. The first-order valence-electron chi connectivity index (χ1n) is 10.6. The molecule has 33 heavy (non-hydrogen) atoms. The van der Waals surface area contributed by atoms with E-state index in [1.54, 1.807) is 0 Å². The van der Waals surface area contributed by atoms with Gasteiger partial charge >= 0.3 is 0 Å². The molecule has 0 atom stereocenters. The van der Waals surface area contributed by atoms with Crippen LogP contribution in [-0.4, -0.2) is 10.2 Å². The fraction of sp³-hybridized carbons (Fsp3) is 0.0714. The largest absolute Gasteiger partial charge is 0.420 e. The Balaban J connectivity index is 1.71. The SMILES string of the molecule is ClC(c1ccccc1)(c1ccccc1)c1nnc(C(Cl)(c2ccccc2)c2ccccc2)o1. The Morgan fingerprint density at radius 2 is 0.667 bits per heavy atom. The lowest BCUT2D eigenvalue weighted by Crippen LogP contribution is -2.24. The summed E-state index contributed by atoms with van der Waals surface area (Å²) < 4.78 is 6.35. The summed E-state index contributed by atoms with van der Waals surface area (Å²) in [5, 5.41) is 8.85. The molecule has 4 aromatic carbocycles. The van der Waals surface area contributed by atoms with Crippen LogP contribution < -0.4 is 0 Å². The Bertz CT molecular complexity index is 1140. The molecule has 1 aromatic heterocycles. The minimum Gasteiger partial charge on any atom is -0.420 e. The van der Waals surface area contributed by atoms with Gasteiger partial charge < -0.3 is 4.42 Å². The summed E-state index contributed by atoms with van der Waals surface area (Å²) >= 11 is 14.7. The number of halogens is 2. The van der Waals surface area contributed by atoms with Crippen molar-refractivity contribution in [3.05, 3.63) is 155 Å². The predicted molar refractivity (Wildman–Crippen MR) is 132 cm³/mol. The van der Waals surface area contributed by atoms with Gasteiger partial charge in [-0.05, 0) is 22.3 Å². The van der Waals surface area contributed by atoms with E-state index in [2.05, 4.69) is 10.2 Å². The highest BCUT2D eigenvalue weighted by molar-refractivity contribution is 6.28. The van der Waals surface area contributed by atoms with Crippen molar-refractivity contribution >= 4 is 23.2 Å². The molecule has 5 rings (SSSR count). The number of benzene rings is 4. The summed E-state index contributed by atoms with van der Waals surface area (Å²) in [5.74, 6) is 0.516. The Kier molecular flexibility index (Phi) is 5.76. The van der Waals surface area contributed by atoms with Gasteiger partial charge in [-0.2, -0.15) is 0 Å². The van der Waals surface area contributed by atoms with E-state index in [9.17, 15) is 0 Å². The summed E-state index contributed by atoms with van der Waals surface area (Å²) in [6.45, 7) is 0. The van der Waals surface area contributed by atoms with Crippen LogP contribution in [0.1, 0.15) is 34.0 Å². The predicted octanol–water partition coefficient (Wildman–Crippen LogP) is 7.13. The molecule has 0 aliphatic heterocycles. The molecule has 0 unspecified atom stereocenters. The molecule has 0 N–H and O–H groups in total. The van der Waals surface area contributed by atoms with E-state index in [1.165, 1.54) is 0 Å². The average Bonchev–Trinajstić information content (AvgIpc) is 3.41. The summed E-state index contributed by atoms with van der Waals surface area (Å²) in [7, 11) is 0. The summed E-state index contributed by atoms with van der Waals surface area (Å²) in [4.78, 5) is -2.34. The van der Waals surface area contributed by atoms with Crippen LogP contribution >= 0.6 is 23.2 Å². The monoisotopic (exact) mass is 470 g/mol.